The summed E-state index contributed by atoms with van der Waals surface area (Å²) in [6.45, 7) is 2.03. The van der Waals surface area contributed by atoms with Crippen LogP contribution in [-0.4, -0.2) is 4.21 Å². The maximum Gasteiger partial charge on any atom is 0.0966 e. The van der Waals surface area contributed by atoms with Gasteiger partial charge in [0.1, 0.15) is 0 Å². The van der Waals surface area contributed by atoms with Crippen LogP contribution in [0.2, 0.25) is 0 Å². The van der Waals surface area contributed by atoms with Crippen LogP contribution in [-0.2, 0) is 10.8 Å². The number of thiophene rings is 2. The maximum absolute atomic E-state index is 12.5. The zero-order valence-corrected chi connectivity index (χ0v) is 12.8. The molecule has 3 aromatic rings. The highest BCUT2D eigenvalue weighted by molar-refractivity contribution is 7.87. The van der Waals surface area contributed by atoms with E-state index in [9.17, 15) is 4.21 Å². The van der Waals surface area contributed by atoms with Crippen LogP contribution in [0.3, 0.4) is 0 Å². The van der Waals surface area contributed by atoms with Gasteiger partial charge < -0.3 is 0 Å². The minimum Gasteiger partial charge on any atom is -0.248 e. The normalized spacial score (nSPS) is 12.5. The van der Waals surface area contributed by atoms with Crippen LogP contribution < -0.4 is 0 Å². The van der Waals surface area contributed by atoms with Gasteiger partial charge in [-0.3, -0.25) is 0 Å². The number of benzene rings is 1. The molecule has 0 amide bonds. The van der Waals surface area contributed by atoms with Gasteiger partial charge in [0.05, 0.1) is 15.0 Å². The van der Waals surface area contributed by atoms with Gasteiger partial charge in [-0.2, -0.15) is 0 Å². The van der Waals surface area contributed by atoms with Crippen molar-refractivity contribution in [1.82, 2.24) is 0 Å². The fraction of sp³-hybridized carbons (Fsp3) is 0.0667. The third-order valence-corrected chi connectivity index (χ3v) is 6.61. The second-order valence-corrected chi connectivity index (χ2v) is 7.92. The summed E-state index contributed by atoms with van der Waals surface area (Å²) in [6, 6.07) is 16.0. The Morgan fingerprint density at radius 3 is 2.42 bits per heavy atom. The van der Waals surface area contributed by atoms with Gasteiger partial charge in [-0.1, -0.05) is 23.8 Å². The molecule has 0 aliphatic heterocycles. The summed E-state index contributed by atoms with van der Waals surface area (Å²) in [4.78, 5) is 3.28. The first-order valence-electron chi connectivity index (χ1n) is 5.86. The molecular formula is C15H12OS3. The van der Waals surface area contributed by atoms with Gasteiger partial charge in [0.25, 0.3) is 0 Å². The first-order valence-corrected chi connectivity index (χ1v) is 8.71. The first-order chi connectivity index (χ1) is 9.24. The van der Waals surface area contributed by atoms with Crippen LogP contribution in [0.5, 0.6) is 0 Å². The Morgan fingerprint density at radius 2 is 1.74 bits per heavy atom. The molecule has 0 aliphatic rings. The van der Waals surface area contributed by atoms with Crippen molar-refractivity contribution in [3.63, 3.8) is 0 Å². The molecule has 0 saturated carbocycles. The summed E-state index contributed by atoms with van der Waals surface area (Å²) in [5.41, 5.74) is 1.19. The summed E-state index contributed by atoms with van der Waals surface area (Å²) < 4.78 is 13.4. The van der Waals surface area contributed by atoms with Crippen molar-refractivity contribution in [2.75, 3.05) is 0 Å². The van der Waals surface area contributed by atoms with Gasteiger partial charge in [0, 0.05) is 14.6 Å². The number of hydrogen-bond acceptors (Lipinski definition) is 3. The van der Waals surface area contributed by atoms with Crippen molar-refractivity contribution in [3.8, 4) is 9.75 Å². The molecule has 4 heteroatoms. The summed E-state index contributed by atoms with van der Waals surface area (Å²) in [5, 5.41) is 2.06. The fourth-order valence-electron chi connectivity index (χ4n) is 1.75. The van der Waals surface area contributed by atoms with E-state index in [0.717, 1.165) is 9.10 Å². The topological polar surface area (TPSA) is 17.1 Å². The van der Waals surface area contributed by atoms with Crippen molar-refractivity contribution in [1.29, 1.82) is 0 Å². The summed E-state index contributed by atoms with van der Waals surface area (Å²) in [7, 11) is -1.07. The number of rotatable bonds is 3. The van der Waals surface area contributed by atoms with Gasteiger partial charge >= 0.3 is 0 Å². The molecule has 1 atom stereocenters. The zero-order valence-electron chi connectivity index (χ0n) is 10.3. The molecule has 0 N–H and O–H groups in total. The smallest absolute Gasteiger partial charge is 0.0966 e. The second-order valence-electron chi connectivity index (χ2n) is 4.18. The van der Waals surface area contributed by atoms with Gasteiger partial charge in [-0.15, -0.1) is 22.7 Å². The van der Waals surface area contributed by atoms with Crippen LogP contribution in [0.15, 0.2) is 63.0 Å². The van der Waals surface area contributed by atoms with Crippen molar-refractivity contribution < 1.29 is 4.21 Å². The van der Waals surface area contributed by atoms with E-state index >= 15 is 0 Å². The van der Waals surface area contributed by atoms with Gasteiger partial charge in [-0.25, -0.2) is 4.21 Å². The highest BCUT2D eigenvalue weighted by Gasteiger charge is 2.11. The summed E-state index contributed by atoms with van der Waals surface area (Å²) in [5.74, 6) is 0. The molecule has 3 rings (SSSR count). The van der Waals surface area contributed by atoms with E-state index in [1.807, 2.05) is 43.3 Å². The second kappa shape index (κ2) is 5.41. The molecule has 2 aromatic heterocycles. The highest BCUT2D eigenvalue weighted by Crippen LogP contribution is 2.34. The minimum absolute atomic E-state index is 0.866. The van der Waals surface area contributed by atoms with E-state index in [1.165, 1.54) is 15.3 Å². The average molecular weight is 304 g/mol. The SMILES string of the molecule is Cc1ccc(S(=O)c2ccc(-c3cccs3)s2)cc1. The quantitative estimate of drug-likeness (QED) is 0.669. The largest absolute Gasteiger partial charge is 0.248 e. The highest BCUT2D eigenvalue weighted by atomic mass is 32.2. The number of hydrogen-bond donors (Lipinski definition) is 0. The van der Waals surface area contributed by atoms with E-state index in [2.05, 4.69) is 17.5 Å². The van der Waals surface area contributed by atoms with Crippen molar-refractivity contribution in [2.45, 2.75) is 16.0 Å². The lowest BCUT2D eigenvalue weighted by atomic mass is 10.2. The molecule has 1 aromatic carbocycles. The molecule has 1 nitrogen and oxygen atoms in total. The lowest BCUT2D eigenvalue weighted by Crippen LogP contribution is -1.89. The summed E-state index contributed by atoms with van der Waals surface area (Å²) >= 11 is 3.32. The average Bonchev–Trinajstić information content (AvgIpc) is 3.10. The van der Waals surface area contributed by atoms with E-state index in [1.54, 1.807) is 22.7 Å². The van der Waals surface area contributed by atoms with Crippen LogP contribution in [0, 0.1) is 6.92 Å². The van der Waals surface area contributed by atoms with Gasteiger partial charge in [0.15, 0.2) is 0 Å². The van der Waals surface area contributed by atoms with E-state index in [0.29, 0.717) is 0 Å². The molecule has 0 spiro atoms. The van der Waals surface area contributed by atoms with Gasteiger partial charge in [-0.05, 0) is 42.6 Å². The Bertz CT molecular complexity index is 693. The Morgan fingerprint density at radius 1 is 0.947 bits per heavy atom. The molecular weight excluding hydrogens is 292 g/mol. The molecule has 0 bridgehead atoms. The predicted molar refractivity (Wildman–Crippen MR) is 83.5 cm³/mol. The molecule has 0 radical (unpaired) electrons. The Hall–Kier alpha value is -1.23. The van der Waals surface area contributed by atoms with Crippen molar-refractivity contribution in [2.24, 2.45) is 0 Å². The Labute approximate surface area is 123 Å². The van der Waals surface area contributed by atoms with Crippen LogP contribution in [0.1, 0.15) is 5.56 Å². The predicted octanol–water partition coefficient (Wildman–Crippen LogP) is 4.95. The number of aryl methyl sites for hydroxylation is 1. The minimum atomic E-state index is -1.07. The third-order valence-electron chi connectivity index (χ3n) is 2.76. The molecule has 0 aliphatic carbocycles. The fourth-order valence-corrected chi connectivity index (χ4v) is 4.99. The van der Waals surface area contributed by atoms with E-state index < -0.39 is 10.8 Å². The van der Waals surface area contributed by atoms with Crippen LogP contribution >= 0.6 is 22.7 Å². The summed E-state index contributed by atoms with van der Waals surface area (Å²) in [6.07, 6.45) is 0. The van der Waals surface area contributed by atoms with E-state index in [-0.39, 0.29) is 0 Å². The molecule has 1 unspecified atom stereocenters. The van der Waals surface area contributed by atoms with Crippen LogP contribution in [0.4, 0.5) is 0 Å². The van der Waals surface area contributed by atoms with Crippen LogP contribution in [0.25, 0.3) is 9.75 Å². The molecule has 96 valence electrons. The molecule has 2 heterocycles. The first kappa shape index (κ1) is 12.8. The van der Waals surface area contributed by atoms with E-state index in [4.69, 9.17) is 0 Å². The zero-order chi connectivity index (χ0) is 13.2. The monoisotopic (exact) mass is 304 g/mol. The lowest BCUT2D eigenvalue weighted by molar-refractivity contribution is 0.684. The molecule has 19 heavy (non-hydrogen) atoms. The maximum atomic E-state index is 12.5. The van der Waals surface area contributed by atoms with Gasteiger partial charge in [0.2, 0.25) is 0 Å². The standard InChI is InChI=1S/C15H12OS3/c1-11-4-6-12(7-5-11)19(16)15-9-8-14(18-15)13-3-2-10-17-13/h2-10H,1H3. The Balaban J connectivity index is 1.90. The molecule has 0 fully saturated rings. The third kappa shape index (κ3) is 2.71. The van der Waals surface area contributed by atoms with Crippen molar-refractivity contribution in [3.05, 3.63) is 59.5 Å². The Kier molecular flexibility index (Phi) is 3.64. The molecule has 0 saturated heterocycles. The van der Waals surface area contributed by atoms with Crippen molar-refractivity contribution >= 4 is 33.5 Å². The lowest BCUT2D eigenvalue weighted by Gasteiger charge is -1.99.